The molecule has 0 saturated heterocycles. The van der Waals surface area contributed by atoms with Crippen LogP contribution < -0.4 is 5.73 Å². The van der Waals surface area contributed by atoms with Gasteiger partial charge in [0.05, 0.1) is 11.4 Å². The molecule has 0 aliphatic rings. The fourth-order valence-electron chi connectivity index (χ4n) is 1.30. The summed E-state index contributed by atoms with van der Waals surface area (Å²) in [5.41, 5.74) is 6.89. The zero-order chi connectivity index (χ0) is 11.6. The molecule has 0 bridgehead atoms. The number of phenolic OH excluding ortho intramolecular Hbond substituents is 1. The predicted octanol–water partition coefficient (Wildman–Crippen LogP) is 1.83. The van der Waals surface area contributed by atoms with Crippen molar-refractivity contribution < 1.29 is 15.0 Å². The van der Waals surface area contributed by atoms with Crippen molar-refractivity contribution in [2.24, 2.45) is 5.73 Å². The summed E-state index contributed by atoms with van der Waals surface area (Å²) in [5.74, 6) is -1.05. The van der Waals surface area contributed by atoms with E-state index in [1.165, 1.54) is 6.07 Å². The Morgan fingerprint density at radius 3 is 2.67 bits per heavy atom. The van der Waals surface area contributed by atoms with Gasteiger partial charge in [-0.1, -0.05) is 17.7 Å². The van der Waals surface area contributed by atoms with Crippen molar-refractivity contribution in [2.75, 3.05) is 0 Å². The summed E-state index contributed by atoms with van der Waals surface area (Å²) in [6.45, 7) is 1.72. The van der Waals surface area contributed by atoms with Crippen molar-refractivity contribution >= 4 is 17.6 Å². The van der Waals surface area contributed by atoms with Gasteiger partial charge in [0.2, 0.25) is 0 Å². The predicted molar refractivity (Wildman–Crippen MR) is 57.0 cm³/mol. The molecule has 0 heterocycles. The fraction of sp³-hybridized carbons (Fsp3) is 0.300. The summed E-state index contributed by atoms with van der Waals surface area (Å²) in [6.07, 6.45) is -0.180. The third-order valence-corrected chi connectivity index (χ3v) is 2.57. The van der Waals surface area contributed by atoms with Crippen LogP contribution in [0.2, 0.25) is 5.02 Å². The van der Waals surface area contributed by atoms with Gasteiger partial charge in [0.15, 0.2) is 0 Å². The van der Waals surface area contributed by atoms with E-state index in [0.717, 1.165) is 0 Å². The number of aryl methyl sites for hydroxylation is 1. The van der Waals surface area contributed by atoms with Crippen molar-refractivity contribution in [1.29, 1.82) is 0 Å². The normalized spacial score (nSPS) is 12.5. The van der Waals surface area contributed by atoms with Crippen LogP contribution in [0.1, 0.15) is 23.6 Å². The number of aromatic hydroxyl groups is 1. The number of carboxylic acids is 1. The van der Waals surface area contributed by atoms with Gasteiger partial charge in [0, 0.05) is 6.04 Å². The SMILES string of the molecule is Cc1cc(C(N)CC(=O)O)cc(O)c1Cl. The van der Waals surface area contributed by atoms with Gasteiger partial charge in [-0.25, -0.2) is 0 Å². The Morgan fingerprint density at radius 2 is 2.20 bits per heavy atom. The summed E-state index contributed by atoms with van der Waals surface area (Å²) in [5, 5.41) is 18.3. The van der Waals surface area contributed by atoms with Crippen LogP contribution >= 0.6 is 11.6 Å². The first-order valence-corrected chi connectivity index (χ1v) is 4.76. The maximum Gasteiger partial charge on any atom is 0.305 e. The number of aliphatic carboxylic acids is 1. The Labute approximate surface area is 92.3 Å². The highest BCUT2D eigenvalue weighted by molar-refractivity contribution is 6.32. The van der Waals surface area contributed by atoms with E-state index in [4.69, 9.17) is 22.4 Å². The largest absolute Gasteiger partial charge is 0.506 e. The molecular weight excluding hydrogens is 218 g/mol. The lowest BCUT2D eigenvalue weighted by atomic mass is 10.0. The van der Waals surface area contributed by atoms with Crippen molar-refractivity contribution in [3.63, 3.8) is 0 Å². The molecule has 0 aromatic heterocycles. The van der Waals surface area contributed by atoms with Crippen LogP contribution in [0.4, 0.5) is 0 Å². The molecule has 1 unspecified atom stereocenters. The van der Waals surface area contributed by atoms with E-state index < -0.39 is 12.0 Å². The minimum absolute atomic E-state index is 0.0764. The molecule has 0 aliphatic carbocycles. The molecule has 1 aromatic rings. The molecule has 0 radical (unpaired) electrons. The second kappa shape index (κ2) is 4.51. The van der Waals surface area contributed by atoms with Crippen LogP contribution in [0.5, 0.6) is 5.75 Å². The van der Waals surface area contributed by atoms with Crippen molar-refractivity contribution in [2.45, 2.75) is 19.4 Å². The Balaban J connectivity index is 3.00. The van der Waals surface area contributed by atoms with E-state index in [-0.39, 0.29) is 17.2 Å². The summed E-state index contributed by atoms with van der Waals surface area (Å²) >= 11 is 5.75. The first-order valence-electron chi connectivity index (χ1n) is 4.38. The molecule has 4 nitrogen and oxygen atoms in total. The van der Waals surface area contributed by atoms with E-state index in [1.54, 1.807) is 13.0 Å². The molecule has 1 atom stereocenters. The molecule has 82 valence electrons. The maximum absolute atomic E-state index is 10.5. The monoisotopic (exact) mass is 229 g/mol. The topological polar surface area (TPSA) is 83.6 Å². The van der Waals surface area contributed by atoms with Crippen LogP contribution in [0.15, 0.2) is 12.1 Å². The number of carbonyl (C=O) groups is 1. The van der Waals surface area contributed by atoms with Crippen LogP contribution in [0, 0.1) is 6.92 Å². The van der Waals surface area contributed by atoms with Gasteiger partial charge in [0.25, 0.3) is 0 Å². The van der Waals surface area contributed by atoms with E-state index in [9.17, 15) is 9.90 Å². The number of nitrogens with two attached hydrogens (primary N) is 1. The van der Waals surface area contributed by atoms with E-state index in [1.807, 2.05) is 0 Å². The van der Waals surface area contributed by atoms with Crippen LogP contribution in [0.25, 0.3) is 0 Å². The molecule has 5 heteroatoms. The molecule has 15 heavy (non-hydrogen) atoms. The summed E-state index contributed by atoms with van der Waals surface area (Å²) in [6, 6.07) is 2.43. The van der Waals surface area contributed by atoms with Gasteiger partial charge in [-0.05, 0) is 24.1 Å². The van der Waals surface area contributed by atoms with Gasteiger partial charge in [-0.15, -0.1) is 0 Å². The van der Waals surface area contributed by atoms with Crippen molar-refractivity contribution in [3.8, 4) is 5.75 Å². The Hall–Kier alpha value is -1.26. The Morgan fingerprint density at radius 1 is 1.60 bits per heavy atom. The Kier molecular flexibility index (Phi) is 3.55. The number of carboxylic acid groups (broad SMARTS) is 1. The molecule has 0 spiro atoms. The zero-order valence-electron chi connectivity index (χ0n) is 8.20. The minimum Gasteiger partial charge on any atom is -0.506 e. The van der Waals surface area contributed by atoms with Crippen LogP contribution in [0.3, 0.4) is 0 Å². The second-order valence-corrected chi connectivity index (χ2v) is 3.75. The van der Waals surface area contributed by atoms with Gasteiger partial charge in [0.1, 0.15) is 5.75 Å². The molecule has 1 aromatic carbocycles. The molecule has 0 saturated carbocycles. The highest BCUT2D eigenvalue weighted by Gasteiger charge is 2.13. The van der Waals surface area contributed by atoms with Gasteiger partial charge < -0.3 is 15.9 Å². The molecule has 1 rings (SSSR count). The van der Waals surface area contributed by atoms with Crippen molar-refractivity contribution in [3.05, 3.63) is 28.3 Å². The van der Waals surface area contributed by atoms with Gasteiger partial charge in [-0.2, -0.15) is 0 Å². The standard InChI is InChI=1S/C10H12ClNO3/c1-5-2-6(3-8(13)10(5)11)7(12)4-9(14)15/h2-3,7,13H,4,12H2,1H3,(H,14,15). The van der Waals surface area contributed by atoms with E-state index >= 15 is 0 Å². The molecule has 0 amide bonds. The molecular formula is C10H12ClNO3. The second-order valence-electron chi connectivity index (χ2n) is 3.38. The van der Waals surface area contributed by atoms with Crippen LogP contribution in [-0.4, -0.2) is 16.2 Å². The smallest absolute Gasteiger partial charge is 0.305 e. The average molecular weight is 230 g/mol. The number of halogens is 1. The summed E-state index contributed by atoms with van der Waals surface area (Å²) < 4.78 is 0. The molecule has 0 fully saturated rings. The maximum atomic E-state index is 10.5. The fourth-order valence-corrected chi connectivity index (χ4v) is 1.41. The lowest BCUT2D eigenvalue weighted by molar-refractivity contribution is -0.137. The minimum atomic E-state index is -0.977. The first kappa shape index (κ1) is 11.8. The Bertz CT molecular complexity index is 369. The number of hydrogen-bond donors (Lipinski definition) is 3. The van der Waals surface area contributed by atoms with E-state index in [0.29, 0.717) is 11.1 Å². The number of hydrogen-bond acceptors (Lipinski definition) is 3. The zero-order valence-corrected chi connectivity index (χ0v) is 8.95. The van der Waals surface area contributed by atoms with Gasteiger partial charge in [-0.3, -0.25) is 4.79 Å². The molecule has 4 N–H and O–H groups in total. The lowest BCUT2D eigenvalue weighted by Crippen LogP contribution is -2.15. The number of benzene rings is 1. The highest BCUT2D eigenvalue weighted by atomic mass is 35.5. The lowest BCUT2D eigenvalue weighted by Gasteiger charge is -2.12. The van der Waals surface area contributed by atoms with Crippen LogP contribution in [-0.2, 0) is 4.79 Å². The summed E-state index contributed by atoms with van der Waals surface area (Å²) in [7, 11) is 0. The quantitative estimate of drug-likeness (QED) is 0.738. The molecule has 0 aliphatic heterocycles. The van der Waals surface area contributed by atoms with Gasteiger partial charge >= 0.3 is 5.97 Å². The number of rotatable bonds is 3. The first-order chi connectivity index (χ1) is 6.91. The van der Waals surface area contributed by atoms with Crippen molar-refractivity contribution in [1.82, 2.24) is 0 Å². The third kappa shape index (κ3) is 2.84. The average Bonchev–Trinajstić information content (AvgIpc) is 2.12. The summed E-state index contributed by atoms with van der Waals surface area (Å²) in [4.78, 5) is 10.5. The third-order valence-electron chi connectivity index (χ3n) is 2.08. The van der Waals surface area contributed by atoms with E-state index in [2.05, 4.69) is 0 Å². The number of phenols is 1. The highest BCUT2D eigenvalue weighted by Crippen LogP contribution is 2.30.